The fraction of sp³-hybridized carbons (Fsp3) is 0.316. The second-order valence-corrected chi connectivity index (χ2v) is 15.4. The maximum atomic E-state index is 14.0. The third-order valence-corrected chi connectivity index (χ3v) is 11.7. The number of hydrogen-bond donors (Lipinski definition) is 0. The second kappa shape index (κ2) is 11.5. The second-order valence-electron chi connectivity index (χ2n) is 13.5. The van der Waals surface area contributed by atoms with E-state index in [9.17, 15) is 13.2 Å². The van der Waals surface area contributed by atoms with E-state index in [0.717, 1.165) is 72.1 Å². The first-order valence-corrected chi connectivity index (χ1v) is 17.5. The standard InChI is InChI=1S/C38H40N4O3S/c1-26-5-15-33(16-6-26)46(44,45)42-25-35(30-11-13-31(14-12-30)37(43)41-22-19-38(41,2)3)34-23-32(24-39-36(34)42)28-9-7-27(8-10-28)29-17-20-40(4)21-18-29/h5-16,23-25,29H,17-22H2,1-4H3. The van der Waals surface area contributed by atoms with Crippen molar-refractivity contribution < 1.29 is 13.2 Å². The van der Waals surface area contributed by atoms with Gasteiger partial charge in [-0.05, 0) is 113 Å². The summed E-state index contributed by atoms with van der Waals surface area (Å²) < 4.78 is 29.2. The number of carbonyl (C=O) groups is 1. The lowest BCUT2D eigenvalue weighted by Gasteiger charge is -2.48. The number of likely N-dealkylation sites (tertiary alicyclic amines) is 2. The van der Waals surface area contributed by atoms with Gasteiger partial charge in [-0.15, -0.1) is 0 Å². The molecular formula is C38H40N4O3S. The number of nitrogens with zero attached hydrogens (tertiary/aromatic N) is 4. The van der Waals surface area contributed by atoms with Gasteiger partial charge in [0.2, 0.25) is 0 Å². The lowest BCUT2D eigenvalue weighted by molar-refractivity contribution is 0.0157. The molecule has 0 atom stereocenters. The molecule has 5 aromatic rings. The Morgan fingerprint density at radius 3 is 2.11 bits per heavy atom. The molecule has 236 valence electrons. The Morgan fingerprint density at radius 2 is 1.50 bits per heavy atom. The van der Waals surface area contributed by atoms with Gasteiger partial charge < -0.3 is 9.80 Å². The number of aryl methyl sites for hydroxylation is 1. The van der Waals surface area contributed by atoms with Crippen molar-refractivity contribution in [2.24, 2.45) is 0 Å². The molecule has 0 unspecified atom stereocenters. The Morgan fingerprint density at radius 1 is 0.848 bits per heavy atom. The number of benzene rings is 3. The molecule has 8 heteroatoms. The van der Waals surface area contributed by atoms with Gasteiger partial charge in [0.15, 0.2) is 5.65 Å². The molecular weight excluding hydrogens is 593 g/mol. The van der Waals surface area contributed by atoms with Gasteiger partial charge in [-0.2, -0.15) is 0 Å². The van der Waals surface area contributed by atoms with Crippen molar-refractivity contribution in [1.29, 1.82) is 0 Å². The highest BCUT2D eigenvalue weighted by molar-refractivity contribution is 7.90. The number of aromatic nitrogens is 2. The van der Waals surface area contributed by atoms with Crippen molar-refractivity contribution in [3.05, 3.63) is 108 Å². The van der Waals surface area contributed by atoms with Gasteiger partial charge in [0.1, 0.15) is 0 Å². The predicted octanol–water partition coefficient (Wildman–Crippen LogP) is 7.35. The van der Waals surface area contributed by atoms with E-state index in [4.69, 9.17) is 4.98 Å². The summed E-state index contributed by atoms with van der Waals surface area (Å²) in [5, 5.41) is 0.732. The molecule has 1 amide bonds. The van der Waals surface area contributed by atoms with E-state index in [0.29, 0.717) is 17.1 Å². The molecule has 0 spiro atoms. The number of amides is 1. The molecule has 46 heavy (non-hydrogen) atoms. The highest BCUT2D eigenvalue weighted by Crippen LogP contribution is 2.37. The Kier molecular flexibility index (Phi) is 7.60. The van der Waals surface area contributed by atoms with Crippen LogP contribution in [0.3, 0.4) is 0 Å². The molecule has 2 aromatic heterocycles. The Bertz CT molecular complexity index is 2020. The van der Waals surface area contributed by atoms with Gasteiger partial charge in [-0.25, -0.2) is 17.4 Å². The van der Waals surface area contributed by atoms with Crippen molar-refractivity contribution in [3.63, 3.8) is 0 Å². The zero-order valence-corrected chi connectivity index (χ0v) is 27.7. The summed E-state index contributed by atoms with van der Waals surface area (Å²) in [6.45, 7) is 9.08. The van der Waals surface area contributed by atoms with Crippen LogP contribution >= 0.6 is 0 Å². The summed E-state index contributed by atoms with van der Waals surface area (Å²) in [4.78, 5) is 22.4. The lowest BCUT2D eigenvalue weighted by Crippen LogP contribution is -2.58. The number of carbonyl (C=O) groups excluding carboxylic acids is 1. The summed E-state index contributed by atoms with van der Waals surface area (Å²) in [7, 11) is -1.74. The van der Waals surface area contributed by atoms with Crippen LogP contribution < -0.4 is 0 Å². The topological polar surface area (TPSA) is 75.5 Å². The summed E-state index contributed by atoms with van der Waals surface area (Å²) >= 11 is 0. The minimum Gasteiger partial charge on any atom is -0.333 e. The molecule has 0 saturated carbocycles. The Hall–Kier alpha value is -4.27. The Balaban J connectivity index is 1.29. The van der Waals surface area contributed by atoms with Crippen molar-refractivity contribution >= 4 is 27.0 Å². The maximum absolute atomic E-state index is 14.0. The van der Waals surface area contributed by atoms with E-state index in [1.165, 1.54) is 9.54 Å². The lowest BCUT2D eigenvalue weighted by atomic mass is 9.88. The highest BCUT2D eigenvalue weighted by atomic mass is 32.2. The SMILES string of the molecule is Cc1ccc(S(=O)(=O)n2cc(-c3ccc(C(=O)N4CCC4(C)C)cc3)c3cc(-c4ccc(C5CCN(C)CC5)cc4)cnc32)cc1. The summed E-state index contributed by atoms with van der Waals surface area (Å²) in [5.74, 6) is 0.584. The largest absolute Gasteiger partial charge is 0.333 e. The van der Waals surface area contributed by atoms with Crippen molar-refractivity contribution in [2.45, 2.75) is 56.4 Å². The molecule has 0 radical (unpaired) electrons. The molecule has 7 nitrogen and oxygen atoms in total. The molecule has 0 N–H and O–H groups in total. The van der Waals surface area contributed by atoms with Crippen molar-refractivity contribution in [2.75, 3.05) is 26.7 Å². The molecule has 2 saturated heterocycles. The zero-order valence-electron chi connectivity index (χ0n) is 26.9. The van der Waals surface area contributed by atoms with Crippen LogP contribution in [0.25, 0.3) is 33.3 Å². The number of piperidine rings is 1. The van der Waals surface area contributed by atoms with Crippen LogP contribution in [0.2, 0.25) is 0 Å². The molecule has 2 aliphatic rings. The van der Waals surface area contributed by atoms with Gasteiger partial charge in [0, 0.05) is 46.6 Å². The summed E-state index contributed by atoms with van der Waals surface area (Å²) in [6, 6.07) is 25.1. The fourth-order valence-electron chi connectivity index (χ4n) is 6.76. The quantitative estimate of drug-likeness (QED) is 0.196. The van der Waals surface area contributed by atoms with Gasteiger partial charge >= 0.3 is 0 Å². The van der Waals surface area contributed by atoms with Crippen LogP contribution in [0.15, 0.2) is 96.2 Å². The van der Waals surface area contributed by atoms with Crippen LogP contribution in [-0.4, -0.2) is 65.3 Å². The van der Waals surface area contributed by atoms with E-state index >= 15 is 0 Å². The molecule has 0 bridgehead atoms. The molecule has 7 rings (SSSR count). The highest BCUT2D eigenvalue weighted by Gasteiger charge is 2.39. The Labute approximate surface area is 271 Å². The normalized spacial score (nSPS) is 17.3. The average Bonchev–Trinajstić information content (AvgIpc) is 3.45. The van der Waals surface area contributed by atoms with E-state index in [2.05, 4.69) is 50.1 Å². The van der Waals surface area contributed by atoms with Crippen LogP contribution in [0.1, 0.15) is 60.5 Å². The smallest absolute Gasteiger partial charge is 0.269 e. The minimum absolute atomic E-state index is 0.0137. The molecule has 4 heterocycles. The van der Waals surface area contributed by atoms with E-state index in [1.807, 2.05) is 42.2 Å². The summed E-state index contributed by atoms with van der Waals surface area (Å²) in [5.41, 5.74) is 6.70. The first-order valence-electron chi connectivity index (χ1n) is 16.1. The number of hydrogen-bond acceptors (Lipinski definition) is 5. The van der Waals surface area contributed by atoms with Gasteiger partial charge in [0.05, 0.1) is 4.90 Å². The van der Waals surface area contributed by atoms with Crippen LogP contribution in [0.5, 0.6) is 0 Å². The van der Waals surface area contributed by atoms with E-state index in [-0.39, 0.29) is 16.3 Å². The molecule has 3 aromatic carbocycles. The van der Waals surface area contributed by atoms with Crippen LogP contribution in [0.4, 0.5) is 0 Å². The predicted molar refractivity (Wildman–Crippen MR) is 184 cm³/mol. The molecule has 0 aliphatic carbocycles. The minimum atomic E-state index is -3.92. The zero-order chi connectivity index (χ0) is 32.2. The van der Waals surface area contributed by atoms with Crippen molar-refractivity contribution in [3.8, 4) is 22.3 Å². The summed E-state index contributed by atoms with van der Waals surface area (Å²) in [6.07, 6.45) is 6.73. The third-order valence-electron chi connectivity index (χ3n) is 9.99. The number of fused-ring (bicyclic) bond motifs is 1. The average molecular weight is 633 g/mol. The van der Waals surface area contributed by atoms with Gasteiger partial charge in [-0.3, -0.25) is 4.79 Å². The monoisotopic (exact) mass is 632 g/mol. The number of pyridine rings is 1. The first-order chi connectivity index (χ1) is 22.0. The molecule has 2 aliphatic heterocycles. The van der Waals surface area contributed by atoms with Crippen LogP contribution in [0, 0.1) is 6.92 Å². The number of rotatable bonds is 6. The first kappa shape index (κ1) is 30.4. The fourth-order valence-corrected chi connectivity index (χ4v) is 8.08. The third kappa shape index (κ3) is 5.43. The van der Waals surface area contributed by atoms with Gasteiger partial charge in [0.25, 0.3) is 15.9 Å². The van der Waals surface area contributed by atoms with E-state index in [1.54, 1.807) is 36.7 Å². The van der Waals surface area contributed by atoms with Gasteiger partial charge in [-0.1, -0.05) is 54.1 Å². The van der Waals surface area contributed by atoms with E-state index < -0.39 is 10.0 Å². The molecule has 2 fully saturated rings. The van der Waals surface area contributed by atoms with Crippen LogP contribution in [-0.2, 0) is 10.0 Å². The van der Waals surface area contributed by atoms with Crippen molar-refractivity contribution in [1.82, 2.24) is 18.8 Å². The maximum Gasteiger partial charge on any atom is 0.269 e.